The van der Waals surface area contributed by atoms with Crippen LogP contribution in [0.3, 0.4) is 0 Å². The Morgan fingerprint density at radius 3 is 1.82 bits per heavy atom. The SMILES string of the molecule is COCCOCCOC(=O)NCCCCCCCC(=O)OCCOCCOc1ccc(CCCCN=C(N)NC(=O)c2nc(Cl)c(N)nc2N)cc1.Cc1ccc(CCCCCC(=N)CC(=O)c2nc(Cl)c(N)nc2N)cc1. The van der Waals surface area contributed by atoms with Crippen LogP contribution in [0.2, 0.25) is 10.3 Å². The van der Waals surface area contributed by atoms with Crippen LogP contribution in [0.15, 0.2) is 53.5 Å². The lowest BCUT2D eigenvalue weighted by atomic mass is 10.0. The quantitative estimate of drug-likeness (QED) is 0.00744. The third kappa shape index (κ3) is 28.5. The molecule has 0 aliphatic heterocycles. The third-order valence-corrected chi connectivity index (χ3v) is 11.8. The lowest BCUT2D eigenvalue weighted by molar-refractivity contribution is -0.145. The molecule has 0 saturated heterocycles. The van der Waals surface area contributed by atoms with Gasteiger partial charge in [-0.2, -0.15) is 0 Å². The van der Waals surface area contributed by atoms with Crippen LogP contribution < -0.4 is 44.0 Å². The summed E-state index contributed by atoms with van der Waals surface area (Å²) >= 11 is 11.6. The molecule has 2 heterocycles. The highest BCUT2D eigenvalue weighted by Gasteiger charge is 2.19. The Balaban J connectivity index is 0.000000512. The van der Waals surface area contributed by atoms with Gasteiger partial charge in [0.25, 0.3) is 5.91 Å². The van der Waals surface area contributed by atoms with Crippen molar-refractivity contribution in [3.63, 3.8) is 0 Å². The normalized spacial score (nSPS) is 11.1. The smallest absolute Gasteiger partial charge is 0.407 e. The minimum Gasteiger partial charge on any atom is -0.491 e. The molecule has 0 aliphatic carbocycles. The van der Waals surface area contributed by atoms with E-state index < -0.39 is 12.0 Å². The maximum absolute atomic E-state index is 12.3. The largest absolute Gasteiger partial charge is 0.491 e. The zero-order chi connectivity index (χ0) is 56.9. The number of amides is 2. The van der Waals surface area contributed by atoms with Crippen molar-refractivity contribution < 1.29 is 47.6 Å². The molecule has 23 nitrogen and oxygen atoms in total. The Hall–Kier alpha value is -6.92. The van der Waals surface area contributed by atoms with Gasteiger partial charge in [0, 0.05) is 32.3 Å². The number of carbonyl (C=O) groups excluding carboxylic acids is 4. The number of methoxy groups -OCH3 is 1. The van der Waals surface area contributed by atoms with Crippen molar-refractivity contribution in [1.82, 2.24) is 30.6 Å². The monoisotopic (exact) mass is 1130 g/mol. The number of ketones is 1. The molecular formula is C53H77Cl2N13O10. The highest BCUT2D eigenvalue weighted by atomic mass is 35.5. The van der Waals surface area contributed by atoms with Gasteiger partial charge in [-0.25, -0.2) is 24.7 Å². The minimum atomic E-state index is -0.681. The van der Waals surface area contributed by atoms with Crippen molar-refractivity contribution in [3.05, 3.63) is 86.9 Å². The fourth-order valence-electron chi connectivity index (χ4n) is 7.04. The van der Waals surface area contributed by atoms with Crippen LogP contribution in [0.5, 0.6) is 5.75 Å². The Morgan fingerprint density at radius 2 is 1.15 bits per heavy atom. The van der Waals surface area contributed by atoms with Gasteiger partial charge in [-0.3, -0.25) is 24.7 Å². The average Bonchev–Trinajstić information content (AvgIpc) is 3.41. The molecule has 0 saturated carbocycles. The summed E-state index contributed by atoms with van der Waals surface area (Å²) < 4.78 is 31.5. The summed E-state index contributed by atoms with van der Waals surface area (Å²) in [6.07, 6.45) is 11.3. The van der Waals surface area contributed by atoms with Gasteiger partial charge >= 0.3 is 12.1 Å². The minimum absolute atomic E-state index is 0.00984. The molecule has 0 aliphatic rings. The number of nitrogens with two attached hydrogens (primary N) is 5. The number of ether oxygens (including phenoxy) is 6. The highest BCUT2D eigenvalue weighted by Crippen LogP contribution is 2.20. The maximum atomic E-state index is 12.3. The molecule has 0 fully saturated rings. The predicted octanol–water partition coefficient (Wildman–Crippen LogP) is 7.03. The van der Waals surface area contributed by atoms with Crippen LogP contribution in [0.4, 0.5) is 28.1 Å². The van der Waals surface area contributed by atoms with Gasteiger partial charge in [0.15, 0.2) is 56.7 Å². The van der Waals surface area contributed by atoms with Gasteiger partial charge < -0.3 is 67.8 Å². The average molecular weight is 1130 g/mol. The Labute approximate surface area is 466 Å². The van der Waals surface area contributed by atoms with Crippen LogP contribution in [0, 0.1) is 12.3 Å². The number of hydrogen-bond donors (Lipinski definition) is 8. The summed E-state index contributed by atoms with van der Waals surface area (Å²) in [6.45, 7) is 5.80. The molecule has 25 heteroatoms. The summed E-state index contributed by atoms with van der Waals surface area (Å²) in [5.41, 5.74) is 32.0. The van der Waals surface area contributed by atoms with Gasteiger partial charge in [0.2, 0.25) is 0 Å². The van der Waals surface area contributed by atoms with E-state index in [1.165, 1.54) is 11.1 Å². The summed E-state index contributed by atoms with van der Waals surface area (Å²) in [4.78, 5) is 67.4. The second-order valence-corrected chi connectivity index (χ2v) is 18.4. The number of carbonyl (C=O) groups is 4. The molecule has 4 rings (SSSR count). The number of anilines is 4. The number of esters is 1. The number of nitrogen functional groups attached to an aromatic ring is 4. The Morgan fingerprint density at radius 1 is 0.615 bits per heavy atom. The van der Waals surface area contributed by atoms with E-state index in [2.05, 4.69) is 66.8 Å². The molecule has 13 N–H and O–H groups in total. The van der Waals surface area contributed by atoms with E-state index in [4.69, 9.17) is 85.7 Å². The number of aryl methyl sites for hydroxylation is 3. The lowest BCUT2D eigenvalue weighted by Crippen LogP contribution is -2.38. The van der Waals surface area contributed by atoms with E-state index in [0.717, 1.165) is 88.4 Å². The van der Waals surface area contributed by atoms with Gasteiger partial charge in [0.05, 0.1) is 39.5 Å². The fraction of sp³-hybridized carbons (Fsp3) is 0.509. The zero-order valence-corrected chi connectivity index (χ0v) is 46.3. The van der Waals surface area contributed by atoms with Crippen molar-refractivity contribution in [3.8, 4) is 5.75 Å². The van der Waals surface area contributed by atoms with E-state index in [0.29, 0.717) is 71.3 Å². The number of Topliss-reactive ketones (excluding diaryl/α,β-unsaturated/α-hetero) is 1. The third-order valence-electron chi connectivity index (χ3n) is 11.3. The molecular weight excluding hydrogens is 1050 g/mol. The first kappa shape index (κ1) is 65.4. The number of aliphatic imine (C=N–C) groups is 1. The van der Waals surface area contributed by atoms with Gasteiger partial charge in [-0.05, 0) is 88.0 Å². The molecule has 4 aromatic rings. The first-order valence-electron chi connectivity index (χ1n) is 25.9. The Kier molecular flexibility index (Phi) is 32.3. The number of rotatable bonds is 36. The molecule has 78 heavy (non-hydrogen) atoms. The standard InChI is InChI=1S/C34H53ClN8O9.C19H24ClN5O/c1-47-17-18-48-21-24-52-34(46)40-16-7-4-2-3-5-10-27(44)51-23-20-49-19-22-50-26-13-11-25(12-14-26)9-6-8-15-39-33(38)43-32(45)28-30(36)42-31(37)29(35)41-28;1-12-7-9-13(10-8-12)5-3-2-4-6-14(21)11-15(26)16-18(22)25-19(23)17(20)24-16/h11-14H,2-10,15-24H2,1H3,(H,40,46)(H4,36,37,42)(H3,38,39,43,45);7-10,21H,2-6,11H2,1H3,(H4,22,23,25). The van der Waals surface area contributed by atoms with E-state index in [9.17, 15) is 19.2 Å². The molecule has 0 spiro atoms. The van der Waals surface area contributed by atoms with Crippen LogP contribution in [-0.2, 0) is 41.3 Å². The highest BCUT2D eigenvalue weighted by molar-refractivity contribution is 6.32. The van der Waals surface area contributed by atoms with Crippen molar-refractivity contribution in [1.29, 1.82) is 5.41 Å². The van der Waals surface area contributed by atoms with Crippen molar-refractivity contribution in [2.45, 2.75) is 103 Å². The second-order valence-electron chi connectivity index (χ2n) is 17.7. The molecule has 0 radical (unpaired) electrons. The molecule has 0 unspecified atom stereocenters. The number of nitrogens with one attached hydrogen (secondary N) is 3. The van der Waals surface area contributed by atoms with E-state index in [-0.39, 0.29) is 82.3 Å². The molecule has 0 bridgehead atoms. The number of alkyl carbamates (subject to hydrolysis) is 1. The molecule has 2 aromatic heterocycles. The number of benzene rings is 2. The van der Waals surface area contributed by atoms with E-state index in [1.807, 2.05) is 24.3 Å². The number of hydrogen-bond acceptors (Lipinski definition) is 20. The van der Waals surface area contributed by atoms with Gasteiger partial charge in [-0.1, -0.05) is 90.8 Å². The number of nitrogens with zero attached hydrogens (tertiary/aromatic N) is 5. The molecule has 2 aromatic carbocycles. The molecule has 428 valence electrons. The lowest BCUT2D eigenvalue weighted by Gasteiger charge is -2.09. The summed E-state index contributed by atoms with van der Waals surface area (Å²) in [7, 11) is 1.60. The number of unbranched alkanes of at least 4 members (excludes halogenated alkanes) is 7. The van der Waals surface area contributed by atoms with Crippen LogP contribution in [-0.4, -0.2) is 128 Å². The molecule has 0 atom stereocenters. The van der Waals surface area contributed by atoms with Crippen molar-refractivity contribution >= 4 is 81.9 Å². The first-order valence-corrected chi connectivity index (χ1v) is 26.7. The zero-order valence-electron chi connectivity index (χ0n) is 44.8. The second kappa shape index (κ2) is 38.6. The fourth-order valence-corrected chi connectivity index (χ4v) is 7.29. The summed E-state index contributed by atoms with van der Waals surface area (Å²) in [6, 6.07) is 16.3. The van der Waals surface area contributed by atoms with Crippen molar-refractivity contribution in [2.24, 2.45) is 10.7 Å². The van der Waals surface area contributed by atoms with E-state index in [1.54, 1.807) is 7.11 Å². The summed E-state index contributed by atoms with van der Waals surface area (Å²) in [5.74, 6) is -0.910. The predicted molar refractivity (Wildman–Crippen MR) is 302 cm³/mol. The number of halogens is 2. The van der Waals surface area contributed by atoms with E-state index >= 15 is 0 Å². The number of guanidine groups is 1. The van der Waals surface area contributed by atoms with Crippen LogP contribution >= 0.6 is 23.2 Å². The topological polar surface area (TPSA) is 366 Å². The van der Waals surface area contributed by atoms with Crippen LogP contribution in [0.25, 0.3) is 0 Å². The van der Waals surface area contributed by atoms with Crippen LogP contribution in [0.1, 0.15) is 121 Å². The first-order chi connectivity index (χ1) is 37.6. The van der Waals surface area contributed by atoms with Gasteiger partial charge in [-0.15, -0.1) is 0 Å². The Bertz CT molecular complexity index is 2490. The maximum Gasteiger partial charge on any atom is 0.407 e. The summed E-state index contributed by atoms with van der Waals surface area (Å²) in [5, 5.41) is 12.9. The molecule has 2 amide bonds. The van der Waals surface area contributed by atoms with Crippen molar-refractivity contribution in [2.75, 3.05) is 96.0 Å². The van der Waals surface area contributed by atoms with Gasteiger partial charge in [0.1, 0.15) is 25.6 Å². The number of aromatic nitrogens is 4.